The fourth-order valence-electron chi connectivity index (χ4n) is 1.93. The smallest absolute Gasteiger partial charge is 0.109 e. The Morgan fingerprint density at radius 3 is 2.94 bits per heavy atom. The highest BCUT2D eigenvalue weighted by Gasteiger charge is 2.07. The van der Waals surface area contributed by atoms with Crippen LogP contribution in [0.25, 0.3) is 11.0 Å². The number of nitrogens with zero attached hydrogens (tertiary/aromatic N) is 3. The van der Waals surface area contributed by atoms with Crippen molar-refractivity contribution in [3.05, 3.63) is 29.6 Å². The van der Waals surface area contributed by atoms with E-state index in [1.54, 1.807) is 6.07 Å². The summed E-state index contributed by atoms with van der Waals surface area (Å²) in [6.07, 6.45) is 2.58. The van der Waals surface area contributed by atoms with Crippen molar-refractivity contribution in [2.24, 2.45) is 7.05 Å². The van der Waals surface area contributed by atoms with Crippen LogP contribution in [0.4, 0.5) is 0 Å². The Kier molecular flexibility index (Phi) is 3.40. The summed E-state index contributed by atoms with van der Waals surface area (Å²) in [5, 5.41) is 17.6. The average molecular weight is 229 g/mol. The number of aryl methyl sites for hydroxylation is 2. The van der Waals surface area contributed by atoms with Crippen LogP contribution in [0.5, 0.6) is 0 Å². The van der Waals surface area contributed by atoms with Crippen molar-refractivity contribution in [3.8, 4) is 6.07 Å². The molecule has 2 aromatic rings. The molecule has 88 valence electrons. The van der Waals surface area contributed by atoms with E-state index in [-0.39, 0.29) is 6.61 Å². The molecular formula is C13H15N3O. The van der Waals surface area contributed by atoms with E-state index in [1.807, 2.05) is 23.7 Å². The molecule has 2 rings (SSSR count). The number of aliphatic hydroxyl groups is 1. The number of benzene rings is 1. The minimum absolute atomic E-state index is 0.225. The molecule has 0 saturated carbocycles. The maximum atomic E-state index is 8.86. The third-order valence-corrected chi connectivity index (χ3v) is 2.91. The van der Waals surface area contributed by atoms with Gasteiger partial charge in [0.25, 0.3) is 0 Å². The van der Waals surface area contributed by atoms with Gasteiger partial charge in [0.2, 0.25) is 0 Å². The summed E-state index contributed by atoms with van der Waals surface area (Å²) < 4.78 is 2.02. The van der Waals surface area contributed by atoms with E-state index in [9.17, 15) is 0 Å². The molecule has 1 aromatic heterocycles. The van der Waals surface area contributed by atoms with Crippen molar-refractivity contribution in [1.29, 1.82) is 5.26 Å². The van der Waals surface area contributed by atoms with E-state index in [4.69, 9.17) is 10.4 Å². The molecule has 0 amide bonds. The first-order chi connectivity index (χ1) is 8.26. The number of nitriles is 1. The molecule has 0 atom stereocenters. The number of unbranched alkanes of at least 4 members (excludes halogenated alkanes) is 1. The zero-order valence-electron chi connectivity index (χ0n) is 9.85. The number of hydrogen-bond donors (Lipinski definition) is 1. The predicted molar refractivity (Wildman–Crippen MR) is 65.5 cm³/mol. The van der Waals surface area contributed by atoms with Gasteiger partial charge in [-0.05, 0) is 31.0 Å². The summed E-state index contributed by atoms with van der Waals surface area (Å²) >= 11 is 0. The first kappa shape index (κ1) is 11.6. The molecule has 1 heterocycles. The van der Waals surface area contributed by atoms with E-state index < -0.39 is 0 Å². The summed E-state index contributed by atoms with van der Waals surface area (Å²) in [4.78, 5) is 4.53. The van der Waals surface area contributed by atoms with E-state index in [0.717, 1.165) is 36.1 Å². The van der Waals surface area contributed by atoms with Crippen LogP contribution in [0.1, 0.15) is 24.2 Å². The third-order valence-electron chi connectivity index (χ3n) is 2.91. The lowest BCUT2D eigenvalue weighted by Gasteiger charge is -2.01. The van der Waals surface area contributed by atoms with Crippen molar-refractivity contribution in [2.45, 2.75) is 19.3 Å². The quantitative estimate of drug-likeness (QED) is 0.812. The van der Waals surface area contributed by atoms with Gasteiger partial charge in [-0.1, -0.05) is 0 Å². The fraction of sp³-hybridized carbons (Fsp3) is 0.385. The second-order valence-corrected chi connectivity index (χ2v) is 4.08. The van der Waals surface area contributed by atoms with Gasteiger partial charge in [-0.25, -0.2) is 4.98 Å². The van der Waals surface area contributed by atoms with Crippen LogP contribution >= 0.6 is 0 Å². The maximum Gasteiger partial charge on any atom is 0.109 e. The van der Waals surface area contributed by atoms with Gasteiger partial charge in [0.1, 0.15) is 5.82 Å². The van der Waals surface area contributed by atoms with Gasteiger partial charge >= 0.3 is 0 Å². The van der Waals surface area contributed by atoms with Gasteiger partial charge in [0, 0.05) is 20.1 Å². The van der Waals surface area contributed by atoms with Crippen molar-refractivity contribution in [2.75, 3.05) is 6.61 Å². The van der Waals surface area contributed by atoms with Crippen LogP contribution < -0.4 is 0 Å². The molecule has 0 saturated heterocycles. The first-order valence-corrected chi connectivity index (χ1v) is 5.72. The third kappa shape index (κ3) is 2.29. The summed E-state index contributed by atoms with van der Waals surface area (Å²) in [5.41, 5.74) is 2.57. The monoisotopic (exact) mass is 229 g/mol. The summed E-state index contributed by atoms with van der Waals surface area (Å²) in [5.74, 6) is 1.00. The Morgan fingerprint density at radius 2 is 2.24 bits per heavy atom. The molecular weight excluding hydrogens is 214 g/mol. The maximum absolute atomic E-state index is 8.86. The molecule has 0 spiro atoms. The number of imidazole rings is 1. The lowest BCUT2D eigenvalue weighted by Crippen LogP contribution is -1.98. The Morgan fingerprint density at radius 1 is 1.41 bits per heavy atom. The molecule has 0 fully saturated rings. The average Bonchev–Trinajstić information content (AvgIpc) is 2.66. The fourth-order valence-corrected chi connectivity index (χ4v) is 1.93. The number of rotatable bonds is 4. The van der Waals surface area contributed by atoms with Gasteiger partial charge in [-0.2, -0.15) is 5.26 Å². The van der Waals surface area contributed by atoms with E-state index in [2.05, 4.69) is 11.1 Å². The zero-order chi connectivity index (χ0) is 12.3. The van der Waals surface area contributed by atoms with E-state index in [0.29, 0.717) is 5.56 Å². The van der Waals surface area contributed by atoms with Crippen molar-refractivity contribution in [1.82, 2.24) is 9.55 Å². The number of fused-ring (bicyclic) bond motifs is 1. The highest BCUT2D eigenvalue weighted by atomic mass is 16.2. The summed E-state index contributed by atoms with van der Waals surface area (Å²) in [6.45, 7) is 0.225. The van der Waals surface area contributed by atoms with Crippen molar-refractivity contribution in [3.63, 3.8) is 0 Å². The van der Waals surface area contributed by atoms with Crippen LogP contribution in [0.15, 0.2) is 18.2 Å². The number of hydrogen-bond acceptors (Lipinski definition) is 3. The van der Waals surface area contributed by atoms with Crippen molar-refractivity contribution < 1.29 is 5.11 Å². The largest absolute Gasteiger partial charge is 0.396 e. The van der Waals surface area contributed by atoms with Gasteiger partial charge in [0.05, 0.1) is 22.7 Å². The SMILES string of the molecule is Cn1c(CCCCO)nc2ccc(C#N)cc21. The molecule has 17 heavy (non-hydrogen) atoms. The second-order valence-electron chi connectivity index (χ2n) is 4.08. The molecule has 4 heteroatoms. The van der Waals surface area contributed by atoms with E-state index in [1.165, 1.54) is 0 Å². The number of aromatic nitrogens is 2. The normalized spacial score (nSPS) is 10.6. The Bertz CT molecular complexity index is 566. The molecule has 0 aliphatic heterocycles. The molecule has 0 aliphatic rings. The predicted octanol–water partition coefficient (Wildman–Crippen LogP) is 1.76. The van der Waals surface area contributed by atoms with Crippen LogP contribution in [0.3, 0.4) is 0 Å². The topological polar surface area (TPSA) is 61.8 Å². The highest BCUT2D eigenvalue weighted by molar-refractivity contribution is 5.77. The molecule has 0 unspecified atom stereocenters. The van der Waals surface area contributed by atoms with Crippen molar-refractivity contribution >= 4 is 11.0 Å². The standard InChI is InChI=1S/C13H15N3O/c1-16-12-8-10(9-14)5-6-11(12)15-13(16)4-2-3-7-17/h5-6,8,17H,2-4,7H2,1H3. The Labute approximate surface area is 100 Å². The van der Waals surface area contributed by atoms with Crippen LogP contribution in [0.2, 0.25) is 0 Å². The van der Waals surface area contributed by atoms with Gasteiger partial charge in [0.15, 0.2) is 0 Å². The van der Waals surface area contributed by atoms with Gasteiger partial charge in [-0.15, -0.1) is 0 Å². The van der Waals surface area contributed by atoms with Gasteiger partial charge in [-0.3, -0.25) is 0 Å². The van der Waals surface area contributed by atoms with Crippen LogP contribution in [-0.2, 0) is 13.5 Å². The molecule has 4 nitrogen and oxygen atoms in total. The molecule has 1 aromatic carbocycles. The van der Waals surface area contributed by atoms with Crippen LogP contribution in [-0.4, -0.2) is 21.3 Å². The summed E-state index contributed by atoms with van der Waals surface area (Å²) in [6, 6.07) is 7.66. The Balaban J connectivity index is 2.33. The number of aliphatic hydroxyl groups excluding tert-OH is 1. The van der Waals surface area contributed by atoms with E-state index >= 15 is 0 Å². The highest BCUT2D eigenvalue weighted by Crippen LogP contribution is 2.17. The molecule has 0 bridgehead atoms. The minimum atomic E-state index is 0.225. The Hall–Kier alpha value is -1.86. The molecule has 0 aliphatic carbocycles. The second kappa shape index (κ2) is 4.98. The minimum Gasteiger partial charge on any atom is -0.396 e. The first-order valence-electron chi connectivity index (χ1n) is 5.72. The zero-order valence-corrected chi connectivity index (χ0v) is 9.85. The van der Waals surface area contributed by atoms with Crippen LogP contribution in [0, 0.1) is 11.3 Å². The molecule has 1 N–H and O–H groups in total. The lowest BCUT2D eigenvalue weighted by atomic mass is 10.2. The summed E-state index contributed by atoms with van der Waals surface area (Å²) in [7, 11) is 1.96. The lowest BCUT2D eigenvalue weighted by molar-refractivity contribution is 0.284. The van der Waals surface area contributed by atoms with Gasteiger partial charge < -0.3 is 9.67 Å². The molecule has 0 radical (unpaired) electrons.